The minimum absolute atomic E-state index is 0.0511. The van der Waals surface area contributed by atoms with Crippen molar-refractivity contribution in [3.8, 4) is 0 Å². The van der Waals surface area contributed by atoms with E-state index in [0.29, 0.717) is 18.2 Å². The molecule has 0 saturated heterocycles. The number of aliphatic hydroxyl groups is 1. The number of carbonyl (C=O) groups is 1. The standard InChI is InChI=1S/C24H19F7N2O4/c25-13-3-5-16(23(26,27)28)17(9-13)21(6-1-7-21)11-22(36,24(29,30)31)19(34)12-2-4-14-15(8-12)18(10-32)33-37-20(14)35/h2-5,8-9,36H,1,6-7,10-11,32H2. The summed E-state index contributed by atoms with van der Waals surface area (Å²) in [5.74, 6) is -2.96. The average molecular weight is 532 g/mol. The van der Waals surface area contributed by atoms with E-state index in [-0.39, 0.29) is 42.3 Å². The molecule has 0 radical (unpaired) electrons. The highest BCUT2D eigenvalue weighted by Gasteiger charge is 2.63. The zero-order valence-electron chi connectivity index (χ0n) is 18.8. The molecule has 4 rings (SSSR count). The Bertz CT molecular complexity index is 1430. The number of fused-ring (bicyclic) bond motifs is 1. The van der Waals surface area contributed by atoms with Crippen molar-refractivity contribution in [2.24, 2.45) is 5.73 Å². The first-order valence-electron chi connectivity index (χ1n) is 11.0. The fourth-order valence-corrected chi connectivity index (χ4v) is 4.83. The van der Waals surface area contributed by atoms with E-state index in [4.69, 9.17) is 5.73 Å². The Morgan fingerprint density at radius 1 is 1.05 bits per heavy atom. The number of hydrogen-bond acceptors (Lipinski definition) is 6. The maximum Gasteiger partial charge on any atom is 0.424 e. The summed E-state index contributed by atoms with van der Waals surface area (Å²) in [4.78, 5) is 25.1. The largest absolute Gasteiger partial charge is 0.424 e. The molecule has 1 aliphatic rings. The second-order valence-corrected chi connectivity index (χ2v) is 9.07. The Morgan fingerprint density at radius 3 is 2.27 bits per heavy atom. The van der Waals surface area contributed by atoms with Crippen LogP contribution < -0.4 is 11.4 Å². The average Bonchev–Trinajstić information content (AvgIpc) is 2.79. The molecule has 37 heavy (non-hydrogen) atoms. The lowest BCUT2D eigenvalue weighted by atomic mass is 9.58. The second kappa shape index (κ2) is 8.91. The minimum atomic E-state index is -5.61. The monoisotopic (exact) mass is 532 g/mol. The van der Waals surface area contributed by atoms with Crippen molar-refractivity contribution in [1.29, 1.82) is 0 Å². The first-order valence-corrected chi connectivity index (χ1v) is 11.0. The summed E-state index contributed by atoms with van der Waals surface area (Å²) in [7, 11) is 0. The fourth-order valence-electron chi connectivity index (χ4n) is 4.83. The Hall–Kier alpha value is -3.32. The van der Waals surface area contributed by atoms with Crippen LogP contribution in [-0.4, -0.2) is 27.8 Å². The van der Waals surface area contributed by atoms with Gasteiger partial charge in [-0.2, -0.15) is 26.3 Å². The molecule has 6 nitrogen and oxygen atoms in total. The van der Waals surface area contributed by atoms with Gasteiger partial charge in [-0.25, -0.2) is 9.18 Å². The van der Waals surface area contributed by atoms with Crippen molar-refractivity contribution in [3.05, 3.63) is 75.0 Å². The van der Waals surface area contributed by atoms with Gasteiger partial charge in [-0.15, -0.1) is 0 Å². The summed E-state index contributed by atoms with van der Waals surface area (Å²) in [5, 5.41) is 14.1. The molecule has 3 aromatic rings. The van der Waals surface area contributed by atoms with Crippen LogP contribution in [0, 0.1) is 5.82 Å². The van der Waals surface area contributed by atoms with Gasteiger partial charge in [0.1, 0.15) is 11.5 Å². The summed E-state index contributed by atoms with van der Waals surface area (Å²) < 4.78 is 103. The maximum absolute atomic E-state index is 14.3. The number of alkyl halides is 6. The zero-order chi connectivity index (χ0) is 27.4. The van der Waals surface area contributed by atoms with E-state index in [9.17, 15) is 45.4 Å². The van der Waals surface area contributed by atoms with Gasteiger partial charge in [0, 0.05) is 23.9 Å². The third kappa shape index (κ3) is 4.50. The molecule has 198 valence electrons. The summed E-state index contributed by atoms with van der Waals surface area (Å²) in [6.45, 7) is -0.301. The van der Waals surface area contributed by atoms with Gasteiger partial charge < -0.3 is 15.4 Å². The van der Waals surface area contributed by atoms with Crippen LogP contribution in [-0.2, 0) is 18.1 Å². The molecule has 0 spiro atoms. The van der Waals surface area contributed by atoms with Gasteiger partial charge in [-0.3, -0.25) is 4.79 Å². The third-order valence-corrected chi connectivity index (χ3v) is 6.85. The molecular formula is C24H19F7N2O4. The summed E-state index contributed by atoms with van der Waals surface area (Å²) in [5.41, 5.74) is -4.37. The predicted octanol–water partition coefficient (Wildman–Crippen LogP) is 4.79. The van der Waals surface area contributed by atoms with Gasteiger partial charge in [-0.05, 0) is 54.2 Å². The minimum Gasteiger partial charge on any atom is -0.374 e. The normalized spacial score (nSPS) is 17.3. The molecule has 1 atom stereocenters. The Balaban J connectivity index is 1.85. The number of Topliss-reactive ketones (excluding diaryl/α,β-unsaturated/α-hetero) is 1. The number of ketones is 1. The molecule has 13 heteroatoms. The molecule has 0 aliphatic heterocycles. The van der Waals surface area contributed by atoms with Crippen molar-refractivity contribution < 1.29 is 45.2 Å². The van der Waals surface area contributed by atoms with Crippen LogP contribution in [0.25, 0.3) is 10.8 Å². The van der Waals surface area contributed by atoms with Gasteiger partial charge in [0.05, 0.1) is 10.9 Å². The molecule has 0 bridgehead atoms. The van der Waals surface area contributed by atoms with Crippen LogP contribution in [0.3, 0.4) is 0 Å². The van der Waals surface area contributed by atoms with Crippen LogP contribution >= 0.6 is 0 Å². The molecule has 1 saturated carbocycles. The fraction of sp³-hybridized carbons (Fsp3) is 0.375. The number of nitrogens with two attached hydrogens (primary N) is 1. The Morgan fingerprint density at radius 2 is 1.73 bits per heavy atom. The molecule has 3 N–H and O–H groups in total. The van der Waals surface area contributed by atoms with Gasteiger partial charge in [0.2, 0.25) is 11.4 Å². The summed E-state index contributed by atoms with van der Waals surface area (Å²) in [6.07, 6.45) is -12.4. The second-order valence-electron chi connectivity index (χ2n) is 9.07. The Kier molecular flexibility index (Phi) is 6.44. The maximum atomic E-state index is 14.3. The van der Waals surface area contributed by atoms with Gasteiger partial charge in [-0.1, -0.05) is 17.6 Å². The van der Waals surface area contributed by atoms with Crippen LogP contribution in [0.4, 0.5) is 30.7 Å². The third-order valence-electron chi connectivity index (χ3n) is 6.85. The van der Waals surface area contributed by atoms with E-state index >= 15 is 0 Å². The lowest BCUT2D eigenvalue weighted by Crippen LogP contribution is -2.57. The van der Waals surface area contributed by atoms with E-state index in [0.717, 1.165) is 18.2 Å². The van der Waals surface area contributed by atoms with Gasteiger partial charge in [0.25, 0.3) is 0 Å². The SMILES string of the molecule is NCc1noc(=O)c2ccc(C(=O)C(O)(CC3(c4cc(F)ccc4C(F)(F)F)CCC3)C(F)(F)F)cc12. The van der Waals surface area contributed by atoms with Crippen molar-refractivity contribution in [2.75, 3.05) is 0 Å². The zero-order valence-corrected chi connectivity index (χ0v) is 18.8. The topological polar surface area (TPSA) is 106 Å². The van der Waals surface area contributed by atoms with Crippen LogP contribution in [0.1, 0.15) is 52.9 Å². The van der Waals surface area contributed by atoms with Crippen molar-refractivity contribution in [1.82, 2.24) is 5.16 Å². The molecule has 0 amide bonds. The first-order chi connectivity index (χ1) is 17.1. The van der Waals surface area contributed by atoms with E-state index in [1.165, 1.54) is 0 Å². The molecule has 1 aliphatic carbocycles. The van der Waals surface area contributed by atoms with Gasteiger partial charge in [0.15, 0.2) is 0 Å². The number of benzene rings is 2. The van der Waals surface area contributed by atoms with E-state index in [1.807, 2.05) is 0 Å². The van der Waals surface area contributed by atoms with E-state index < -0.39 is 63.7 Å². The van der Waals surface area contributed by atoms with Gasteiger partial charge >= 0.3 is 18.0 Å². The summed E-state index contributed by atoms with van der Waals surface area (Å²) >= 11 is 0. The van der Waals surface area contributed by atoms with E-state index in [2.05, 4.69) is 9.68 Å². The van der Waals surface area contributed by atoms with E-state index in [1.54, 1.807) is 0 Å². The number of hydrogen-bond donors (Lipinski definition) is 2. The smallest absolute Gasteiger partial charge is 0.374 e. The number of halogens is 7. The molecule has 1 unspecified atom stereocenters. The number of aromatic nitrogens is 1. The molecule has 2 aromatic carbocycles. The first kappa shape index (κ1) is 26.7. The molecule has 1 fully saturated rings. The van der Waals surface area contributed by atoms with Crippen molar-refractivity contribution >= 4 is 16.6 Å². The number of nitrogens with zero attached hydrogens (tertiary/aromatic N) is 1. The highest BCUT2D eigenvalue weighted by molar-refractivity contribution is 6.05. The van der Waals surface area contributed by atoms with Crippen LogP contribution in [0.2, 0.25) is 0 Å². The number of rotatable bonds is 6. The summed E-state index contributed by atoms with van der Waals surface area (Å²) in [6, 6.07) is 4.20. The van der Waals surface area contributed by atoms with Crippen molar-refractivity contribution in [3.63, 3.8) is 0 Å². The van der Waals surface area contributed by atoms with Crippen molar-refractivity contribution in [2.45, 2.75) is 55.6 Å². The predicted molar refractivity (Wildman–Crippen MR) is 115 cm³/mol. The quantitative estimate of drug-likeness (QED) is 0.349. The lowest BCUT2D eigenvalue weighted by molar-refractivity contribution is -0.246. The molecular weight excluding hydrogens is 513 g/mol. The highest BCUT2D eigenvalue weighted by Crippen LogP contribution is 2.55. The number of carbonyl (C=O) groups excluding carboxylic acids is 1. The van der Waals surface area contributed by atoms with Crippen LogP contribution in [0.15, 0.2) is 45.7 Å². The molecule has 1 aromatic heterocycles. The lowest BCUT2D eigenvalue weighted by Gasteiger charge is -2.48. The van der Waals surface area contributed by atoms with Crippen LogP contribution in [0.5, 0.6) is 0 Å². The Labute approximate surface area is 203 Å². The molecule has 1 heterocycles. The highest BCUT2D eigenvalue weighted by atomic mass is 19.4.